The van der Waals surface area contributed by atoms with Crippen molar-refractivity contribution in [2.75, 3.05) is 38.3 Å². The van der Waals surface area contributed by atoms with E-state index in [1.165, 1.54) is 5.69 Å². The molecule has 1 heterocycles. The Morgan fingerprint density at radius 1 is 1.00 bits per heavy atom. The van der Waals surface area contributed by atoms with E-state index in [9.17, 15) is 4.79 Å². The number of carbonyl (C=O) groups is 1. The average molecular weight is 354 g/mol. The van der Waals surface area contributed by atoms with E-state index in [4.69, 9.17) is 9.47 Å². The van der Waals surface area contributed by atoms with Gasteiger partial charge >= 0.3 is 0 Å². The van der Waals surface area contributed by atoms with Crippen molar-refractivity contribution in [1.82, 2.24) is 4.90 Å². The summed E-state index contributed by atoms with van der Waals surface area (Å²) in [5, 5.41) is 0. The second-order valence-electron chi connectivity index (χ2n) is 6.30. The summed E-state index contributed by atoms with van der Waals surface area (Å²) >= 11 is 0. The topological polar surface area (TPSA) is 42.0 Å². The molecular weight excluding hydrogens is 328 g/mol. The second-order valence-corrected chi connectivity index (χ2v) is 6.30. The van der Waals surface area contributed by atoms with Crippen LogP contribution in [0.1, 0.15) is 29.8 Å². The summed E-state index contributed by atoms with van der Waals surface area (Å²) in [6.45, 7) is 7.03. The molecule has 2 aromatic rings. The molecule has 138 valence electrons. The monoisotopic (exact) mass is 354 g/mol. The van der Waals surface area contributed by atoms with E-state index in [-0.39, 0.29) is 5.91 Å². The van der Waals surface area contributed by atoms with Gasteiger partial charge in [0.1, 0.15) is 0 Å². The number of fused-ring (bicyclic) bond motifs is 1. The number of rotatable bonds is 5. The SMILES string of the molecule is CCOc1ccc(C(=O)N2CCN(C)c3ccccc3C2)cc1OCC. The molecule has 5 heteroatoms. The van der Waals surface area contributed by atoms with Crippen molar-refractivity contribution in [2.24, 2.45) is 0 Å². The van der Waals surface area contributed by atoms with E-state index in [1.807, 2.05) is 43.0 Å². The Kier molecular flexibility index (Phi) is 5.66. The molecule has 1 amide bonds. The number of hydrogen-bond donors (Lipinski definition) is 0. The van der Waals surface area contributed by atoms with Gasteiger partial charge in [-0.15, -0.1) is 0 Å². The fraction of sp³-hybridized carbons (Fsp3) is 0.381. The van der Waals surface area contributed by atoms with Crippen molar-refractivity contribution in [2.45, 2.75) is 20.4 Å². The Morgan fingerprint density at radius 2 is 1.73 bits per heavy atom. The highest BCUT2D eigenvalue weighted by atomic mass is 16.5. The lowest BCUT2D eigenvalue weighted by atomic mass is 10.1. The van der Waals surface area contributed by atoms with Crippen molar-refractivity contribution in [3.63, 3.8) is 0 Å². The van der Waals surface area contributed by atoms with Crippen molar-refractivity contribution in [1.29, 1.82) is 0 Å². The molecule has 0 unspecified atom stereocenters. The molecule has 2 aromatic carbocycles. The van der Waals surface area contributed by atoms with Gasteiger partial charge in [-0.1, -0.05) is 18.2 Å². The number of amides is 1. The third kappa shape index (κ3) is 3.77. The highest BCUT2D eigenvalue weighted by Crippen LogP contribution is 2.30. The van der Waals surface area contributed by atoms with Crippen LogP contribution >= 0.6 is 0 Å². The van der Waals surface area contributed by atoms with E-state index < -0.39 is 0 Å². The molecule has 5 nitrogen and oxygen atoms in total. The number of benzene rings is 2. The summed E-state index contributed by atoms with van der Waals surface area (Å²) in [7, 11) is 2.07. The minimum absolute atomic E-state index is 0.0131. The summed E-state index contributed by atoms with van der Waals surface area (Å²) in [6, 6.07) is 13.7. The Morgan fingerprint density at radius 3 is 2.50 bits per heavy atom. The largest absolute Gasteiger partial charge is 0.490 e. The van der Waals surface area contributed by atoms with E-state index in [2.05, 4.69) is 24.1 Å². The molecule has 0 spiro atoms. The van der Waals surface area contributed by atoms with Crippen LogP contribution < -0.4 is 14.4 Å². The van der Waals surface area contributed by atoms with Gasteiger partial charge in [-0.25, -0.2) is 0 Å². The maximum atomic E-state index is 13.1. The van der Waals surface area contributed by atoms with Gasteiger partial charge in [0.2, 0.25) is 0 Å². The van der Waals surface area contributed by atoms with Crippen LogP contribution in [0.3, 0.4) is 0 Å². The van der Waals surface area contributed by atoms with Crippen molar-refractivity contribution in [3.8, 4) is 11.5 Å². The fourth-order valence-corrected chi connectivity index (χ4v) is 3.23. The van der Waals surface area contributed by atoms with Gasteiger partial charge in [0.25, 0.3) is 5.91 Å². The van der Waals surface area contributed by atoms with Gasteiger partial charge in [0, 0.05) is 37.9 Å². The van der Waals surface area contributed by atoms with Crippen molar-refractivity contribution >= 4 is 11.6 Å². The molecule has 1 aliphatic rings. The zero-order valence-corrected chi connectivity index (χ0v) is 15.7. The lowest BCUT2D eigenvalue weighted by Gasteiger charge is -2.22. The van der Waals surface area contributed by atoms with Gasteiger partial charge in [-0.3, -0.25) is 4.79 Å². The number of ether oxygens (including phenoxy) is 2. The summed E-state index contributed by atoms with van der Waals surface area (Å²) in [6.07, 6.45) is 0. The van der Waals surface area contributed by atoms with Crippen molar-refractivity contribution < 1.29 is 14.3 Å². The smallest absolute Gasteiger partial charge is 0.254 e. The van der Waals surface area contributed by atoms with Gasteiger partial charge in [0.05, 0.1) is 13.2 Å². The Bertz CT molecular complexity index is 776. The number of hydrogen-bond acceptors (Lipinski definition) is 4. The maximum absolute atomic E-state index is 13.1. The molecule has 1 aliphatic heterocycles. The predicted molar refractivity (Wildman–Crippen MR) is 103 cm³/mol. The third-order valence-corrected chi connectivity index (χ3v) is 4.55. The van der Waals surface area contributed by atoms with Crippen LogP contribution in [0.25, 0.3) is 0 Å². The van der Waals surface area contributed by atoms with Gasteiger partial charge in [-0.2, -0.15) is 0 Å². The van der Waals surface area contributed by atoms with E-state index in [0.717, 1.165) is 12.1 Å². The average Bonchev–Trinajstić information content (AvgIpc) is 2.82. The van der Waals surface area contributed by atoms with E-state index in [0.29, 0.717) is 43.4 Å². The van der Waals surface area contributed by atoms with Crippen LogP contribution in [0, 0.1) is 0 Å². The number of likely N-dealkylation sites (N-methyl/N-ethyl adjacent to an activating group) is 1. The molecule has 0 aromatic heterocycles. The predicted octanol–water partition coefficient (Wildman–Crippen LogP) is 3.58. The maximum Gasteiger partial charge on any atom is 0.254 e. The molecule has 26 heavy (non-hydrogen) atoms. The fourth-order valence-electron chi connectivity index (χ4n) is 3.23. The molecule has 0 bridgehead atoms. The first kappa shape index (κ1) is 18.1. The van der Waals surface area contributed by atoms with Crippen LogP contribution in [-0.4, -0.2) is 44.2 Å². The number of carbonyl (C=O) groups excluding carboxylic acids is 1. The second kappa shape index (κ2) is 8.13. The summed E-state index contributed by atoms with van der Waals surface area (Å²) in [4.78, 5) is 17.2. The van der Waals surface area contributed by atoms with Gasteiger partial charge in [-0.05, 0) is 43.7 Å². The highest BCUT2D eigenvalue weighted by Gasteiger charge is 2.23. The molecule has 0 atom stereocenters. The lowest BCUT2D eigenvalue weighted by Crippen LogP contribution is -2.34. The quantitative estimate of drug-likeness (QED) is 0.823. The minimum atomic E-state index is 0.0131. The third-order valence-electron chi connectivity index (χ3n) is 4.55. The van der Waals surface area contributed by atoms with Gasteiger partial charge in [0.15, 0.2) is 11.5 Å². The molecule has 0 saturated heterocycles. The first-order valence-corrected chi connectivity index (χ1v) is 9.12. The minimum Gasteiger partial charge on any atom is -0.490 e. The molecular formula is C21H26N2O3. The van der Waals surface area contributed by atoms with Gasteiger partial charge < -0.3 is 19.3 Å². The van der Waals surface area contributed by atoms with Crippen molar-refractivity contribution in [3.05, 3.63) is 53.6 Å². The zero-order chi connectivity index (χ0) is 18.5. The van der Waals surface area contributed by atoms with Crippen LogP contribution in [0.15, 0.2) is 42.5 Å². The molecule has 0 aliphatic carbocycles. The van der Waals surface area contributed by atoms with Crippen LogP contribution in [0.2, 0.25) is 0 Å². The normalized spacial score (nSPS) is 13.8. The molecule has 0 N–H and O–H groups in total. The Hall–Kier alpha value is -2.69. The number of para-hydroxylation sites is 1. The summed E-state index contributed by atoms with van der Waals surface area (Å²) in [5.74, 6) is 1.30. The molecule has 3 rings (SSSR count). The molecule has 0 saturated carbocycles. The summed E-state index contributed by atoms with van der Waals surface area (Å²) < 4.78 is 11.3. The summed E-state index contributed by atoms with van der Waals surface area (Å²) in [5.41, 5.74) is 2.97. The van der Waals surface area contributed by atoms with Crippen LogP contribution in [0.4, 0.5) is 5.69 Å². The Balaban J connectivity index is 1.86. The standard InChI is InChI=1S/C21H26N2O3/c1-4-25-19-11-10-16(14-20(19)26-5-2)21(24)23-13-12-22(3)18-9-7-6-8-17(18)15-23/h6-11,14H,4-5,12-13,15H2,1-3H3. The van der Waals surface area contributed by atoms with Crippen LogP contribution in [-0.2, 0) is 6.54 Å². The first-order chi connectivity index (χ1) is 12.6. The highest BCUT2D eigenvalue weighted by molar-refractivity contribution is 5.95. The molecule has 0 radical (unpaired) electrons. The lowest BCUT2D eigenvalue weighted by molar-refractivity contribution is 0.0751. The number of anilines is 1. The number of nitrogens with zero attached hydrogens (tertiary/aromatic N) is 2. The van der Waals surface area contributed by atoms with E-state index >= 15 is 0 Å². The first-order valence-electron chi connectivity index (χ1n) is 9.12. The zero-order valence-electron chi connectivity index (χ0n) is 15.7. The Labute approximate surface area is 155 Å². The van der Waals surface area contributed by atoms with E-state index in [1.54, 1.807) is 6.07 Å². The van der Waals surface area contributed by atoms with Crippen LogP contribution in [0.5, 0.6) is 11.5 Å². The molecule has 0 fully saturated rings.